The number of aliphatic hydroxyl groups excluding tert-OH is 1. The quantitative estimate of drug-likeness (QED) is 0.329. The van der Waals surface area contributed by atoms with Crippen LogP contribution in [-0.2, 0) is 12.8 Å². The van der Waals surface area contributed by atoms with Gasteiger partial charge in [0.1, 0.15) is 11.4 Å². The topological polar surface area (TPSA) is 90.4 Å². The van der Waals surface area contributed by atoms with Crippen molar-refractivity contribution in [2.24, 2.45) is 5.73 Å². The number of benzene rings is 3. The first-order chi connectivity index (χ1) is 17.0. The lowest BCUT2D eigenvalue weighted by molar-refractivity contribution is 0.0994. The van der Waals surface area contributed by atoms with E-state index in [1.165, 1.54) is 16.7 Å². The standard InChI is InChI=1S/C29H31N3O3/c1-21(33)27(32-19-26(29(30)34)31-20-32)16-15-25-9-5-6-10-28(25)35-18-17-22-11-13-24(14-12-22)23-7-3-2-4-8-23/h2-14,19-21,27,33H,15-18H2,1H3,(H2,30,34)/t21-,27+/m0/s1. The molecule has 0 bridgehead atoms. The second-order valence-corrected chi connectivity index (χ2v) is 8.69. The minimum Gasteiger partial charge on any atom is -0.493 e. The van der Waals surface area contributed by atoms with Crippen LogP contribution < -0.4 is 10.5 Å². The third-order valence-corrected chi connectivity index (χ3v) is 6.19. The first kappa shape index (κ1) is 24.2. The van der Waals surface area contributed by atoms with Gasteiger partial charge in [-0.05, 0) is 48.1 Å². The summed E-state index contributed by atoms with van der Waals surface area (Å²) in [5, 5.41) is 10.3. The van der Waals surface area contributed by atoms with E-state index in [1.807, 2.05) is 42.5 Å². The van der Waals surface area contributed by atoms with Gasteiger partial charge in [0.15, 0.2) is 0 Å². The molecule has 1 amide bonds. The van der Waals surface area contributed by atoms with Crippen molar-refractivity contribution in [1.82, 2.24) is 9.55 Å². The summed E-state index contributed by atoms with van der Waals surface area (Å²) in [6, 6.07) is 26.7. The fourth-order valence-electron chi connectivity index (χ4n) is 4.21. The van der Waals surface area contributed by atoms with E-state index in [0.717, 1.165) is 17.7 Å². The molecule has 4 aromatic rings. The van der Waals surface area contributed by atoms with Crippen molar-refractivity contribution in [2.45, 2.75) is 38.3 Å². The highest BCUT2D eigenvalue weighted by Gasteiger charge is 2.19. The second-order valence-electron chi connectivity index (χ2n) is 8.69. The number of nitrogens with zero attached hydrogens (tertiary/aromatic N) is 2. The molecule has 35 heavy (non-hydrogen) atoms. The van der Waals surface area contributed by atoms with Gasteiger partial charge in [0.05, 0.1) is 25.1 Å². The molecule has 0 aliphatic carbocycles. The summed E-state index contributed by atoms with van der Waals surface area (Å²) in [7, 11) is 0. The Hall–Kier alpha value is -3.90. The van der Waals surface area contributed by atoms with Crippen LogP contribution in [0, 0.1) is 0 Å². The van der Waals surface area contributed by atoms with Gasteiger partial charge in [-0.25, -0.2) is 4.98 Å². The summed E-state index contributed by atoms with van der Waals surface area (Å²) in [6.45, 7) is 2.31. The van der Waals surface area contributed by atoms with Gasteiger partial charge in [0.25, 0.3) is 5.91 Å². The Balaban J connectivity index is 1.35. The van der Waals surface area contributed by atoms with Gasteiger partial charge in [0.2, 0.25) is 0 Å². The van der Waals surface area contributed by atoms with Crippen LogP contribution in [0.25, 0.3) is 11.1 Å². The van der Waals surface area contributed by atoms with E-state index in [0.29, 0.717) is 19.4 Å². The number of carbonyl (C=O) groups is 1. The lowest BCUT2D eigenvalue weighted by Gasteiger charge is -2.22. The maximum absolute atomic E-state index is 11.4. The summed E-state index contributed by atoms with van der Waals surface area (Å²) < 4.78 is 7.90. The zero-order valence-electron chi connectivity index (χ0n) is 19.9. The minimum absolute atomic E-state index is 0.191. The van der Waals surface area contributed by atoms with E-state index in [9.17, 15) is 9.90 Å². The van der Waals surface area contributed by atoms with Crippen molar-refractivity contribution in [3.63, 3.8) is 0 Å². The Morgan fingerprint density at radius 3 is 2.34 bits per heavy atom. The highest BCUT2D eigenvalue weighted by Crippen LogP contribution is 2.25. The van der Waals surface area contributed by atoms with E-state index in [4.69, 9.17) is 10.5 Å². The molecule has 4 rings (SSSR count). The molecule has 0 radical (unpaired) electrons. The summed E-state index contributed by atoms with van der Waals surface area (Å²) >= 11 is 0. The van der Waals surface area contributed by atoms with Crippen molar-refractivity contribution in [3.05, 3.63) is 108 Å². The number of aromatic nitrogens is 2. The Bertz CT molecular complexity index is 1230. The van der Waals surface area contributed by atoms with Crippen LogP contribution in [0.15, 0.2) is 91.4 Å². The number of aliphatic hydroxyl groups is 1. The largest absolute Gasteiger partial charge is 0.493 e. The molecule has 6 heteroatoms. The van der Waals surface area contributed by atoms with E-state index in [2.05, 4.69) is 41.4 Å². The summed E-state index contributed by atoms with van der Waals surface area (Å²) in [5.74, 6) is 0.266. The smallest absolute Gasteiger partial charge is 0.268 e. The lowest BCUT2D eigenvalue weighted by atomic mass is 10.0. The Morgan fingerprint density at radius 2 is 1.66 bits per heavy atom. The molecule has 3 aromatic carbocycles. The van der Waals surface area contributed by atoms with Gasteiger partial charge >= 0.3 is 0 Å². The van der Waals surface area contributed by atoms with Gasteiger partial charge in [-0.1, -0.05) is 72.8 Å². The molecule has 2 atom stereocenters. The maximum Gasteiger partial charge on any atom is 0.268 e. The summed E-state index contributed by atoms with van der Waals surface area (Å²) in [5.41, 5.74) is 10.2. The number of aryl methyl sites for hydroxylation is 1. The zero-order valence-corrected chi connectivity index (χ0v) is 19.9. The van der Waals surface area contributed by atoms with Crippen molar-refractivity contribution in [3.8, 4) is 16.9 Å². The fraction of sp³-hybridized carbons (Fsp3) is 0.241. The van der Waals surface area contributed by atoms with Gasteiger partial charge in [-0.3, -0.25) is 4.79 Å². The lowest BCUT2D eigenvalue weighted by Crippen LogP contribution is -2.21. The molecule has 6 nitrogen and oxygen atoms in total. The second kappa shape index (κ2) is 11.5. The van der Waals surface area contributed by atoms with E-state index in [-0.39, 0.29) is 11.7 Å². The normalized spacial score (nSPS) is 12.7. The molecule has 0 aliphatic heterocycles. The molecular weight excluding hydrogens is 438 g/mol. The summed E-state index contributed by atoms with van der Waals surface area (Å²) in [6.07, 6.45) is 4.70. The van der Waals surface area contributed by atoms with Gasteiger partial charge in [-0.2, -0.15) is 0 Å². The monoisotopic (exact) mass is 469 g/mol. The Labute approximate surface area is 206 Å². The minimum atomic E-state index is -0.614. The molecule has 3 N–H and O–H groups in total. The molecule has 0 saturated heterocycles. The number of amides is 1. The third-order valence-electron chi connectivity index (χ3n) is 6.19. The predicted octanol–water partition coefficient (Wildman–Crippen LogP) is 4.83. The van der Waals surface area contributed by atoms with E-state index < -0.39 is 12.0 Å². The number of primary amides is 1. The molecule has 0 fully saturated rings. The van der Waals surface area contributed by atoms with Crippen molar-refractivity contribution in [1.29, 1.82) is 0 Å². The van der Waals surface area contributed by atoms with Crippen LogP contribution in [-0.4, -0.2) is 33.3 Å². The SMILES string of the molecule is C[C@H](O)[C@@H](CCc1ccccc1OCCc1ccc(-c2ccccc2)cc1)n1cnc(C(N)=O)c1. The Kier molecular flexibility index (Phi) is 7.95. The van der Waals surface area contributed by atoms with Crippen molar-refractivity contribution in [2.75, 3.05) is 6.61 Å². The van der Waals surface area contributed by atoms with Gasteiger partial charge in [-0.15, -0.1) is 0 Å². The molecule has 1 aromatic heterocycles. The van der Waals surface area contributed by atoms with Crippen LogP contribution >= 0.6 is 0 Å². The number of hydrogen-bond donors (Lipinski definition) is 2. The highest BCUT2D eigenvalue weighted by molar-refractivity contribution is 5.90. The van der Waals surface area contributed by atoms with E-state index in [1.54, 1.807) is 24.0 Å². The highest BCUT2D eigenvalue weighted by atomic mass is 16.5. The van der Waals surface area contributed by atoms with E-state index >= 15 is 0 Å². The van der Waals surface area contributed by atoms with Crippen LogP contribution in [0.2, 0.25) is 0 Å². The number of imidazole rings is 1. The number of hydrogen-bond acceptors (Lipinski definition) is 4. The van der Waals surface area contributed by atoms with Crippen LogP contribution in [0.5, 0.6) is 5.75 Å². The molecular formula is C29H31N3O3. The van der Waals surface area contributed by atoms with Crippen LogP contribution in [0.1, 0.15) is 41.0 Å². The number of nitrogens with two attached hydrogens (primary N) is 1. The first-order valence-corrected chi connectivity index (χ1v) is 11.9. The first-order valence-electron chi connectivity index (χ1n) is 11.9. The Morgan fingerprint density at radius 1 is 0.971 bits per heavy atom. The molecule has 0 spiro atoms. The van der Waals surface area contributed by atoms with Gasteiger partial charge < -0.3 is 20.1 Å². The van der Waals surface area contributed by atoms with Crippen molar-refractivity contribution >= 4 is 5.91 Å². The van der Waals surface area contributed by atoms with Crippen LogP contribution in [0.3, 0.4) is 0 Å². The molecule has 0 unspecified atom stereocenters. The molecule has 0 saturated carbocycles. The average Bonchev–Trinajstić information content (AvgIpc) is 3.36. The molecule has 1 heterocycles. The van der Waals surface area contributed by atoms with Crippen LogP contribution in [0.4, 0.5) is 0 Å². The van der Waals surface area contributed by atoms with Gasteiger partial charge in [0, 0.05) is 12.6 Å². The third kappa shape index (κ3) is 6.37. The fourth-order valence-corrected chi connectivity index (χ4v) is 4.21. The maximum atomic E-state index is 11.4. The average molecular weight is 470 g/mol. The number of rotatable bonds is 11. The molecule has 0 aliphatic rings. The number of para-hydroxylation sites is 1. The van der Waals surface area contributed by atoms with Crippen molar-refractivity contribution < 1.29 is 14.6 Å². The zero-order chi connectivity index (χ0) is 24.6. The predicted molar refractivity (Wildman–Crippen MR) is 137 cm³/mol. The molecule has 180 valence electrons. The number of carbonyl (C=O) groups excluding carboxylic acids is 1. The summed E-state index contributed by atoms with van der Waals surface area (Å²) in [4.78, 5) is 15.4. The number of ether oxygens (including phenoxy) is 1.